The van der Waals surface area contributed by atoms with Gasteiger partial charge in [0, 0.05) is 16.7 Å². The molecular formula is C26H21Cl2N7O2. The fourth-order valence-electron chi connectivity index (χ4n) is 3.78. The number of hydrogen-bond donors (Lipinski definition) is 2. The molecule has 0 aliphatic rings. The maximum atomic E-state index is 12.5. The number of nitrogens with one attached hydrogen (secondary N) is 2. The molecule has 0 saturated heterocycles. The van der Waals surface area contributed by atoms with Gasteiger partial charge in [0.25, 0.3) is 5.91 Å². The van der Waals surface area contributed by atoms with Crippen LogP contribution in [0.15, 0.2) is 72.8 Å². The van der Waals surface area contributed by atoms with Crippen LogP contribution in [0, 0.1) is 0 Å². The van der Waals surface area contributed by atoms with E-state index >= 15 is 0 Å². The van der Waals surface area contributed by atoms with Gasteiger partial charge in [-0.25, -0.2) is 0 Å². The number of ether oxygens (including phenoxy) is 1. The first-order valence-electron chi connectivity index (χ1n) is 11.3. The molecule has 0 bridgehead atoms. The Morgan fingerprint density at radius 1 is 0.973 bits per heavy atom. The third-order valence-corrected chi connectivity index (χ3v) is 6.46. The van der Waals surface area contributed by atoms with Crippen LogP contribution in [0.4, 0.5) is 0 Å². The number of H-pyrrole nitrogens is 1. The van der Waals surface area contributed by atoms with E-state index < -0.39 is 0 Å². The SMILES string of the molecule is COc1ccc(-c2cc(-c3ccc(Cl)c(Cl)c3)n(Cc3ccc(C(=O)NCc4nn[nH]n4)cc3)n2)cc1. The van der Waals surface area contributed by atoms with Gasteiger partial charge in [-0.2, -0.15) is 10.3 Å². The number of halogens is 2. The highest BCUT2D eigenvalue weighted by atomic mass is 35.5. The second-order valence-electron chi connectivity index (χ2n) is 8.14. The molecule has 5 rings (SSSR count). The molecule has 186 valence electrons. The predicted molar refractivity (Wildman–Crippen MR) is 141 cm³/mol. The molecule has 1 amide bonds. The monoisotopic (exact) mass is 533 g/mol. The standard InChI is InChI=1S/C26H21Cl2N7O2/c1-37-20-9-6-17(7-10-20)23-13-24(19-8-11-21(27)22(28)12-19)35(32-23)15-16-2-4-18(5-3-16)26(36)29-14-25-30-33-34-31-25/h2-13H,14-15H2,1H3,(H,29,36)(H,30,31,33,34). The fourth-order valence-corrected chi connectivity index (χ4v) is 4.08. The molecule has 0 saturated carbocycles. The summed E-state index contributed by atoms with van der Waals surface area (Å²) in [4.78, 5) is 12.5. The zero-order valence-electron chi connectivity index (χ0n) is 19.7. The number of aromatic amines is 1. The van der Waals surface area contributed by atoms with Crippen LogP contribution in [-0.4, -0.2) is 43.4 Å². The van der Waals surface area contributed by atoms with Crippen molar-refractivity contribution in [3.05, 3.63) is 99.8 Å². The number of nitrogens with zero attached hydrogens (tertiary/aromatic N) is 5. The van der Waals surface area contributed by atoms with E-state index in [1.165, 1.54) is 0 Å². The lowest BCUT2D eigenvalue weighted by Gasteiger charge is -2.10. The molecule has 5 aromatic rings. The Labute approximate surface area is 222 Å². The van der Waals surface area contributed by atoms with Crippen molar-refractivity contribution in [1.82, 2.24) is 35.7 Å². The van der Waals surface area contributed by atoms with E-state index in [-0.39, 0.29) is 12.5 Å². The van der Waals surface area contributed by atoms with Crippen LogP contribution in [0.2, 0.25) is 10.0 Å². The lowest BCUT2D eigenvalue weighted by Crippen LogP contribution is -2.23. The van der Waals surface area contributed by atoms with Crippen molar-refractivity contribution in [3.63, 3.8) is 0 Å². The highest BCUT2D eigenvalue weighted by Gasteiger charge is 2.14. The predicted octanol–water partition coefficient (Wildman–Crippen LogP) is 5.02. The second kappa shape index (κ2) is 10.8. The highest BCUT2D eigenvalue weighted by molar-refractivity contribution is 6.42. The van der Waals surface area contributed by atoms with Gasteiger partial charge in [-0.1, -0.05) is 46.6 Å². The number of methoxy groups -OCH3 is 1. The second-order valence-corrected chi connectivity index (χ2v) is 8.95. The maximum Gasteiger partial charge on any atom is 0.251 e. The Hall–Kier alpha value is -4.21. The molecule has 0 aliphatic heterocycles. The van der Waals surface area contributed by atoms with Crippen LogP contribution >= 0.6 is 23.2 Å². The first-order valence-corrected chi connectivity index (χ1v) is 12.0. The number of aromatic nitrogens is 6. The third-order valence-electron chi connectivity index (χ3n) is 5.73. The fraction of sp³-hybridized carbons (Fsp3) is 0.115. The van der Waals surface area contributed by atoms with E-state index in [0.29, 0.717) is 28.0 Å². The zero-order valence-corrected chi connectivity index (χ0v) is 21.2. The van der Waals surface area contributed by atoms with Crippen LogP contribution in [-0.2, 0) is 13.1 Å². The molecule has 9 nitrogen and oxygen atoms in total. The molecule has 37 heavy (non-hydrogen) atoms. The Balaban J connectivity index is 1.41. The van der Waals surface area contributed by atoms with Crippen molar-refractivity contribution >= 4 is 29.1 Å². The van der Waals surface area contributed by atoms with Gasteiger partial charge < -0.3 is 10.1 Å². The van der Waals surface area contributed by atoms with Gasteiger partial charge in [-0.3, -0.25) is 9.48 Å². The normalized spacial score (nSPS) is 10.9. The minimum atomic E-state index is -0.228. The summed E-state index contributed by atoms with van der Waals surface area (Å²) in [7, 11) is 1.63. The van der Waals surface area contributed by atoms with Crippen LogP contribution in [0.25, 0.3) is 22.5 Å². The van der Waals surface area contributed by atoms with Gasteiger partial charge in [0.05, 0.1) is 41.6 Å². The quantitative estimate of drug-likeness (QED) is 0.289. The minimum absolute atomic E-state index is 0.186. The number of carbonyl (C=O) groups is 1. The average molecular weight is 534 g/mol. The largest absolute Gasteiger partial charge is 0.497 e. The molecule has 0 spiro atoms. The Kier molecular flexibility index (Phi) is 7.16. The van der Waals surface area contributed by atoms with Crippen LogP contribution in [0.5, 0.6) is 5.75 Å². The average Bonchev–Trinajstić information content (AvgIpc) is 3.60. The molecule has 0 unspecified atom stereocenters. The van der Waals surface area contributed by atoms with Crippen molar-refractivity contribution in [1.29, 1.82) is 0 Å². The van der Waals surface area contributed by atoms with E-state index in [1.54, 1.807) is 25.3 Å². The van der Waals surface area contributed by atoms with E-state index in [9.17, 15) is 4.79 Å². The zero-order chi connectivity index (χ0) is 25.8. The topological polar surface area (TPSA) is 111 Å². The smallest absolute Gasteiger partial charge is 0.251 e. The molecule has 0 atom stereocenters. The van der Waals surface area contributed by atoms with E-state index in [1.807, 2.05) is 59.3 Å². The first-order chi connectivity index (χ1) is 18.0. The lowest BCUT2D eigenvalue weighted by molar-refractivity contribution is 0.0950. The summed E-state index contributed by atoms with van der Waals surface area (Å²) in [6.07, 6.45) is 0. The summed E-state index contributed by atoms with van der Waals surface area (Å²) in [6, 6.07) is 22.6. The van der Waals surface area contributed by atoms with Gasteiger partial charge in [-0.15, -0.1) is 10.2 Å². The summed E-state index contributed by atoms with van der Waals surface area (Å²) < 4.78 is 7.18. The summed E-state index contributed by atoms with van der Waals surface area (Å²) in [5, 5.41) is 22.1. The molecular weight excluding hydrogens is 513 g/mol. The maximum absolute atomic E-state index is 12.5. The Morgan fingerprint density at radius 3 is 2.41 bits per heavy atom. The van der Waals surface area contributed by atoms with Crippen LogP contribution < -0.4 is 10.1 Å². The summed E-state index contributed by atoms with van der Waals surface area (Å²) in [6.45, 7) is 0.669. The van der Waals surface area contributed by atoms with Gasteiger partial charge in [0.1, 0.15) is 5.75 Å². The van der Waals surface area contributed by atoms with Gasteiger partial charge in [0.2, 0.25) is 0 Å². The number of carbonyl (C=O) groups excluding carboxylic acids is 1. The van der Waals surface area contributed by atoms with Crippen LogP contribution in [0.3, 0.4) is 0 Å². The molecule has 2 N–H and O–H groups in total. The van der Waals surface area contributed by atoms with Crippen LogP contribution in [0.1, 0.15) is 21.7 Å². The first kappa shape index (κ1) is 24.5. The number of tetrazole rings is 1. The number of benzene rings is 3. The molecule has 0 radical (unpaired) electrons. The van der Waals surface area contributed by atoms with Gasteiger partial charge >= 0.3 is 0 Å². The van der Waals surface area contributed by atoms with Crippen molar-refractivity contribution in [2.24, 2.45) is 0 Å². The van der Waals surface area contributed by atoms with E-state index in [0.717, 1.165) is 33.8 Å². The number of rotatable bonds is 8. The number of amides is 1. The molecule has 11 heteroatoms. The van der Waals surface area contributed by atoms with Gasteiger partial charge in [0.15, 0.2) is 5.82 Å². The highest BCUT2D eigenvalue weighted by Crippen LogP contribution is 2.32. The lowest BCUT2D eigenvalue weighted by atomic mass is 10.1. The molecule has 3 aromatic carbocycles. The minimum Gasteiger partial charge on any atom is -0.497 e. The summed E-state index contributed by atoms with van der Waals surface area (Å²) >= 11 is 12.5. The van der Waals surface area contributed by atoms with Crippen molar-refractivity contribution < 1.29 is 9.53 Å². The Morgan fingerprint density at radius 2 is 1.73 bits per heavy atom. The molecule has 2 aromatic heterocycles. The van der Waals surface area contributed by atoms with Gasteiger partial charge in [-0.05, 0) is 60.2 Å². The van der Waals surface area contributed by atoms with Crippen molar-refractivity contribution in [3.8, 4) is 28.3 Å². The molecule has 0 fully saturated rings. The molecule has 2 heterocycles. The Bertz CT molecular complexity index is 1520. The van der Waals surface area contributed by atoms with E-state index in [2.05, 4.69) is 25.9 Å². The summed E-state index contributed by atoms with van der Waals surface area (Å²) in [5.41, 5.74) is 5.03. The number of hydrogen-bond acceptors (Lipinski definition) is 6. The van der Waals surface area contributed by atoms with E-state index in [4.69, 9.17) is 33.0 Å². The van der Waals surface area contributed by atoms with Crippen molar-refractivity contribution in [2.75, 3.05) is 7.11 Å². The molecule has 0 aliphatic carbocycles. The third kappa shape index (κ3) is 5.63. The summed E-state index contributed by atoms with van der Waals surface area (Å²) in [5.74, 6) is 0.953. The van der Waals surface area contributed by atoms with Crippen molar-refractivity contribution in [2.45, 2.75) is 13.1 Å².